The van der Waals surface area contributed by atoms with Crippen LogP contribution in [-0.2, 0) is 4.74 Å². The van der Waals surface area contributed by atoms with Crippen molar-refractivity contribution in [1.82, 2.24) is 9.97 Å². The zero-order valence-electron chi connectivity index (χ0n) is 17.1. The Balaban J connectivity index is 1.40. The lowest BCUT2D eigenvalue weighted by Crippen LogP contribution is -2.36. The van der Waals surface area contributed by atoms with Gasteiger partial charge >= 0.3 is 0 Å². The van der Waals surface area contributed by atoms with Crippen molar-refractivity contribution < 1.29 is 14.2 Å². The fourth-order valence-corrected chi connectivity index (χ4v) is 3.92. The van der Waals surface area contributed by atoms with E-state index in [0.717, 1.165) is 32.0 Å². The van der Waals surface area contributed by atoms with Crippen LogP contribution in [0.4, 0.5) is 17.3 Å². The number of benzene rings is 1. The van der Waals surface area contributed by atoms with Crippen LogP contribution in [0.1, 0.15) is 32.1 Å². The molecule has 1 aliphatic carbocycles. The van der Waals surface area contributed by atoms with Crippen LogP contribution in [0.15, 0.2) is 30.5 Å². The van der Waals surface area contributed by atoms with Gasteiger partial charge in [0.15, 0.2) is 5.75 Å². The summed E-state index contributed by atoms with van der Waals surface area (Å²) in [6, 6.07) is 8.30. The Morgan fingerprint density at radius 1 is 1.10 bits per heavy atom. The van der Waals surface area contributed by atoms with Gasteiger partial charge in [-0.3, -0.25) is 0 Å². The summed E-state index contributed by atoms with van der Waals surface area (Å²) < 4.78 is 16.8. The molecule has 2 heterocycles. The van der Waals surface area contributed by atoms with Crippen molar-refractivity contribution in [3.8, 4) is 11.6 Å². The minimum absolute atomic E-state index is 0.500. The second-order valence-corrected chi connectivity index (χ2v) is 7.65. The average molecular weight is 399 g/mol. The molecule has 4 rings (SSSR count). The minimum Gasteiger partial charge on any atom is -0.490 e. The number of morpholine rings is 1. The second kappa shape index (κ2) is 9.78. The van der Waals surface area contributed by atoms with E-state index in [2.05, 4.69) is 32.3 Å². The molecule has 0 spiro atoms. The van der Waals surface area contributed by atoms with Crippen LogP contribution in [0.2, 0.25) is 0 Å². The van der Waals surface area contributed by atoms with E-state index >= 15 is 0 Å². The average Bonchev–Trinajstić information content (AvgIpc) is 2.80. The third-order valence-corrected chi connectivity index (χ3v) is 5.62. The monoisotopic (exact) mass is 398 g/mol. The highest BCUT2D eigenvalue weighted by atomic mass is 16.5. The van der Waals surface area contributed by atoms with E-state index in [4.69, 9.17) is 14.2 Å². The van der Waals surface area contributed by atoms with Crippen LogP contribution in [0.3, 0.4) is 0 Å². The number of hydrogen-bond acceptors (Lipinski definition) is 7. The molecule has 0 radical (unpaired) electrons. The number of hydrogen-bond donors (Lipinski definition) is 1. The molecular weight excluding hydrogens is 368 g/mol. The topological polar surface area (TPSA) is 68.7 Å². The van der Waals surface area contributed by atoms with Crippen LogP contribution in [0, 0.1) is 5.92 Å². The van der Waals surface area contributed by atoms with Crippen LogP contribution in [0.5, 0.6) is 11.6 Å². The van der Waals surface area contributed by atoms with Crippen molar-refractivity contribution in [3.05, 3.63) is 30.5 Å². The smallest absolute Gasteiger partial charge is 0.262 e. The first-order valence-electron chi connectivity index (χ1n) is 10.6. The predicted molar refractivity (Wildman–Crippen MR) is 113 cm³/mol. The molecule has 1 aromatic heterocycles. The number of aromatic nitrogens is 2. The molecule has 0 amide bonds. The Bertz CT molecular complexity index is 772. The molecule has 0 atom stereocenters. The van der Waals surface area contributed by atoms with E-state index in [1.165, 1.54) is 37.8 Å². The Morgan fingerprint density at radius 3 is 2.59 bits per heavy atom. The zero-order chi connectivity index (χ0) is 19.9. The highest BCUT2D eigenvalue weighted by molar-refractivity contribution is 5.60. The quantitative estimate of drug-likeness (QED) is 0.755. The van der Waals surface area contributed by atoms with Gasteiger partial charge in [0, 0.05) is 24.5 Å². The fraction of sp³-hybridized carbons (Fsp3) is 0.545. The number of rotatable bonds is 7. The summed E-state index contributed by atoms with van der Waals surface area (Å²) in [7, 11) is 1.61. The summed E-state index contributed by atoms with van der Waals surface area (Å²) in [4.78, 5) is 11.2. The molecule has 1 aliphatic heterocycles. The highest BCUT2D eigenvalue weighted by Crippen LogP contribution is 2.29. The second-order valence-electron chi connectivity index (χ2n) is 7.65. The van der Waals surface area contributed by atoms with Crippen LogP contribution < -0.4 is 19.7 Å². The molecular formula is C22H30N4O3. The van der Waals surface area contributed by atoms with Gasteiger partial charge in [-0.15, -0.1) is 0 Å². The lowest BCUT2D eigenvalue weighted by molar-refractivity contribution is 0.122. The first kappa shape index (κ1) is 19.8. The fourth-order valence-electron chi connectivity index (χ4n) is 3.92. The van der Waals surface area contributed by atoms with Crippen molar-refractivity contribution in [1.29, 1.82) is 0 Å². The van der Waals surface area contributed by atoms with Gasteiger partial charge in [0.1, 0.15) is 0 Å². The summed E-state index contributed by atoms with van der Waals surface area (Å²) in [5, 5.41) is 3.26. The Labute approximate surface area is 172 Å². The van der Waals surface area contributed by atoms with Gasteiger partial charge < -0.3 is 24.4 Å². The molecule has 0 unspecified atom stereocenters. The Morgan fingerprint density at radius 2 is 1.86 bits per heavy atom. The summed E-state index contributed by atoms with van der Waals surface area (Å²) >= 11 is 0. The molecule has 1 saturated carbocycles. The molecule has 29 heavy (non-hydrogen) atoms. The van der Waals surface area contributed by atoms with E-state index in [1.54, 1.807) is 13.3 Å². The molecule has 7 nitrogen and oxygen atoms in total. The van der Waals surface area contributed by atoms with Gasteiger partial charge in [-0.2, -0.15) is 4.98 Å². The SMILES string of the molecule is COc1cnc(Nc2ccc(N3CCOCC3)cc2)nc1OCC1CCCCC1. The van der Waals surface area contributed by atoms with E-state index in [-0.39, 0.29) is 0 Å². The molecule has 2 aromatic rings. The van der Waals surface area contributed by atoms with Crippen LogP contribution >= 0.6 is 0 Å². The largest absolute Gasteiger partial charge is 0.490 e. The third-order valence-electron chi connectivity index (χ3n) is 5.62. The first-order valence-corrected chi connectivity index (χ1v) is 10.6. The predicted octanol–water partition coefficient (Wildman–Crippen LogP) is 4.02. The summed E-state index contributed by atoms with van der Waals surface area (Å²) in [6.45, 7) is 4.10. The molecule has 7 heteroatoms. The van der Waals surface area contributed by atoms with E-state index in [0.29, 0.717) is 30.1 Å². The highest BCUT2D eigenvalue weighted by Gasteiger charge is 2.17. The Hall–Kier alpha value is -2.54. The van der Waals surface area contributed by atoms with Crippen molar-refractivity contribution in [2.24, 2.45) is 5.92 Å². The van der Waals surface area contributed by atoms with Gasteiger partial charge in [0.25, 0.3) is 5.88 Å². The number of nitrogens with zero attached hydrogens (tertiary/aromatic N) is 3. The molecule has 1 N–H and O–H groups in total. The number of ether oxygens (including phenoxy) is 3. The normalized spacial score (nSPS) is 17.8. The lowest BCUT2D eigenvalue weighted by Gasteiger charge is -2.28. The Kier molecular flexibility index (Phi) is 6.67. The number of anilines is 3. The maximum absolute atomic E-state index is 6.01. The zero-order valence-corrected chi connectivity index (χ0v) is 17.1. The van der Waals surface area contributed by atoms with Crippen molar-refractivity contribution in [2.45, 2.75) is 32.1 Å². The van der Waals surface area contributed by atoms with Crippen LogP contribution in [0.25, 0.3) is 0 Å². The third kappa shape index (κ3) is 5.29. The molecule has 1 saturated heterocycles. The summed E-state index contributed by atoms with van der Waals surface area (Å²) in [5.74, 6) is 2.17. The van der Waals surface area contributed by atoms with Gasteiger partial charge in [-0.1, -0.05) is 19.3 Å². The first-order chi connectivity index (χ1) is 14.3. The molecule has 2 aliphatic rings. The van der Waals surface area contributed by atoms with Gasteiger partial charge in [-0.05, 0) is 43.0 Å². The van der Waals surface area contributed by atoms with Crippen molar-refractivity contribution in [2.75, 3.05) is 50.2 Å². The van der Waals surface area contributed by atoms with Gasteiger partial charge in [-0.25, -0.2) is 4.98 Å². The van der Waals surface area contributed by atoms with Crippen molar-refractivity contribution >= 4 is 17.3 Å². The maximum atomic E-state index is 6.01. The van der Waals surface area contributed by atoms with Crippen molar-refractivity contribution in [3.63, 3.8) is 0 Å². The molecule has 2 fully saturated rings. The summed E-state index contributed by atoms with van der Waals surface area (Å²) in [5.41, 5.74) is 2.14. The van der Waals surface area contributed by atoms with E-state index in [1.807, 2.05) is 12.1 Å². The molecule has 1 aromatic carbocycles. The molecule has 0 bridgehead atoms. The van der Waals surface area contributed by atoms with E-state index < -0.39 is 0 Å². The molecule has 156 valence electrons. The standard InChI is InChI=1S/C22H30N4O3/c1-27-20-15-23-22(25-21(20)29-16-17-5-3-2-4-6-17)24-18-7-9-19(10-8-18)26-11-13-28-14-12-26/h7-10,15,17H,2-6,11-14,16H2,1H3,(H,23,24,25). The maximum Gasteiger partial charge on any atom is 0.262 e. The van der Waals surface area contributed by atoms with Crippen LogP contribution in [-0.4, -0.2) is 50.0 Å². The number of nitrogens with one attached hydrogen (secondary N) is 1. The van der Waals surface area contributed by atoms with Gasteiger partial charge in [0.2, 0.25) is 5.95 Å². The van der Waals surface area contributed by atoms with Gasteiger partial charge in [0.05, 0.1) is 33.1 Å². The lowest BCUT2D eigenvalue weighted by atomic mass is 9.90. The van der Waals surface area contributed by atoms with E-state index in [9.17, 15) is 0 Å². The minimum atomic E-state index is 0.500. The number of methoxy groups -OCH3 is 1. The summed E-state index contributed by atoms with van der Waals surface area (Å²) in [6.07, 6.45) is 8.05.